The predicted octanol–water partition coefficient (Wildman–Crippen LogP) is 4.48. The predicted molar refractivity (Wildman–Crippen MR) is 126 cm³/mol. The lowest BCUT2D eigenvalue weighted by atomic mass is 9.69. The van der Waals surface area contributed by atoms with Gasteiger partial charge in [0.1, 0.15) is 0 Å². The number of thiazole rings is 1. The summed E-state index contributed by atoms with van der Waals surface area (Å²) in [5.74, 6) is 0.211. The fourth-order valence-electron chi connectivity index (χ4n) is 6.75. The quantitative estimate of drug-likeness (QED) is 0.549. The maximum Gasteiger partial charge on any atom is 0.305 e. The van der Waals surface area contributed by atoms with Gasteiger partial charge in [0, 0.05) is 20.9 Å². The van der Waals surface area contributed by atoms with Crippen LogP contribution in [0.15, 0.2) is 51.6 Å². The number of hydrogen-bond donors (Lipinski definition) is 1. The lowest BCUT2D eigenvalue weighted by molar-refractivity contribution is -0.123. The number of imide groups is 1. The average molecular weight is 481 g/mol. The second-order valence-corrected chi connectivity index (χ2v) is 12.5. The summed E-state index contributed by atoms with van der Waals surface area (Å²) in [4.78, 5) is 46.3. The number of benzene rings is 1. The van der Waals surface area contributed by atoms with E-state index in [0.717, 1.165) is 21.9 Å². The van der Waals surface area contributed by atoms with Crippen LogP contribution >= 0.6 is 34.4 Å². The molecule has 162 valence electrons. The van der Waals surface area contributed by atoms with Gasteiger partial charge in [0.05, 0.1) is 22.5 Å². The van der Waals surface area contributed by atoms with E-state index in [0.29, 0.717) is 5.69 Å². The summed E-state index contributed by atoms with van der Waals surface area (Å²) in [6.07, 6.45) is 0.929. The van der Waals surface area contributed by atoms with Crippen molar-refractivity contribution >= 4 is 51.9 Å². The van der Waals surface area contributed by atoms with E-state index in [2.05, 4.69) is 22.5 Å². The van der Waals surface area contributed by atoms with Gasteiger partial charge in [-0.3, -0.25) is 19.3 Å². The molecule has 3 fully saturated rings. The molecule has 8 heteroatoms. The number of hydrogen-bond acceptors (Lipinski definition) is 6. The van der Waals surface area contributed by atoms with Crippen molar-refractivity contribution in [3.8, 4) is 0 Å². The Morgan fingerprint density at radius 3 is 2.47 bits per heavy atom. The number of carbonyl (C=O) groups is 2. The molecule has 7 rings (SSSR count). The number of nitrogens with zero attached hydrogens (tertiary/aromatic N) is 1. The van der Waals surface area contributed by atoms with Crippen molar-refractivity contribution in [2.45, 2.75) is 29.5 Å². The summed E-state index contributed by atoms with van der Waals surface area (Å²) in [7, 11) is 0. The molecule has 2 aliphatic heterocycles. The number of amides is 2. The third-order valence-electron chi connectivity index (χ3n) is 7.87. The molecule has 0 spiro atoms. The Morgan fingerprint density at radius 2 is 1.75 bits per heavy atom. The van der Waals surface area contributed by atoms with E-state index < -0.39 is 0 Å². The molecule has 2 aliphatic carbocycles. The van der Waals surface area contributed by atoms with Crippen LogP contribution in [0.3, 0.4) is 0 Å². The van der Waals surface area contributed by atoms with Gasteiger partial charge in [-0.05, 0) is 54.7 Å². The number of anilines is 1. The van der Waals surface area contributed by atoms with Crippen LogP contribution in [0, 0.1) is 36.5 Å². The maximum absolute atomic E-state index is 13.6. The van der Waals surface area contributed by atoms with Crippen LogP contribution in [-0.2, 0) is 9.59 Å². The highest BCUT2D eigenvalue weighted by Gasteiger charge is 2.69. The number of fused-ring (bicyclic) bond motifs is 9. The summed E-state index contributed by atoms with van der Waals surface area (Å²) in [6.45, 7) is 2.00. The van der Waals surface area contributed by atoms with Gasteiger partial charge in [0.15, 0.2) is 0 Å². The summed E-state index contributed by atoms with van der Waals surface area (Å²) in [5, 5.41) is 3.30. The van der Waals surface area contributed by atoms with E-state index in [1.807, 2.05) is 31.2 Å². The van der Waals surface area contributed by atoms with Gasteiger partial charge in [-0.2, -0.15) is 0 Å². The molecule has 7 atom stereocenters. The first-order chi connectivity index (χ1) is 15.5. The Labute approximate surface area is 196 Å². The molecule has 2 amide bonds. The maximum atomic E-state index is 13.6. The number of nitrogens with one attached hydrogen (secondary N) is 1. The highest BCUT2D eigenvalue weighted by molar-refractivity contribution is 8.00. The van der Waals surface area contributed by atoms with Gasteiger partial charge in [-0.25, -0.2) is 0 Å². The zero-order valence-corrected chi connectivity index (χ0v) is 19.6. The minimum absolute atomic E-state index is 0.0192. The van der Waals surface area contributed by atoms with Crippen LogP contribution in [0.1, 0.15) is 27.7 Å². The standard InChI is InChI=1S/C24H20N2O3S3/c1-10-4-6-11(7-5-10)26-22(27)16-12-9-13(17(16)23(26)28)19-15(12)18(14-3-2-8-30-14)20-21(31-19)25-24(29)32-20/h2-8,12-13,15-19H,9H2,1H3,(H,25,29)/t12-,13-,15-,16+,17-,18-,19-/m1/s1. The van der Waals surface area contributed by atoms with Gasteiger partial charge < -0.3 is 4.98 Å². The fourth-order valence-corrected chi connectivity index (χ4v) is 10.6. The summed E-state index contributed by atoms with van der Waals surface area (Å²) in [6, 6.07) is 11.9. The van der Waals surface area contributed by atoms with Crippen LogP contribution in [0.5, 0.6) is 0 Å². The van der Waals surface area contributed by atoms with Gasteiger partial charge in [0.25, 0.3) is 0 Å². The van der Waals surface area contributed by atoms with E-state index in [-0.39, 0.29) is 57.4 Å². The van der Waals surface area contributed by atoms with Crippen molar-refractivity contribution in [2.24, 2.45) is 29.6 Å². The monoisotopic (exact) mass is 480 g/mol. The van der Waals surface area contributed by atoms with E-state index in [9.17, 15) is 14.4 Å². The van der Waals surface area contributed by atoms with E-state index in [1.165, 1.54) is 21.1 Å². The molecular formula is C24H20N2O3S3. The van der Waals surface area contributed by atoms with Crippen molar-refractivity contribution in [1.82, 2.24) is 4.98 Å². The normalized spacial score (nSPS) is 34.7. The average Bonchev–Trinajstić information content (AvgIpc) is 3.57. The number of thioether (sulfide) groups is 1. The van der Waals surface area contributed by atoms with Gasteiger partial charge in [-0.1, -0.05) is 35.1 Å². The highest BCUT2D eigenvalue weighted by Crippen LogP contribution is 2.68. The first kappa shape index (κ1) is 19.3. The van der Waals surface area contributed by atoms with Gasteiger partial charge >= 0.3 is 4.87 Å². The van der Waals surface area contributed by atoms with Crippen LogP contribution in [0.2, 0.25) is 0 Å². The van der Waals surface area contributed by atoms with Crippen molar-refractivity contribution in [3.05, 3.63) is 66.8 Å². The number of H-pyrrole nitrogens is 1. The van der Waals surface area contributed by atoms with Gasteiger partial charge in [-0.15, -0.1) is 23.1 Å². The lowest BCUT2D eigenvalue weighted by Crippen LogP contribution is -2.42. The van der Waals surface area contributed by atoms with Crippen molar-refractivity contribution in [1.29, 1.82) is 0 Å². The van der Waals surface area contributed by atoms with E-state index in [4.69, 9.17) is 0 Å². The Kier molecular flexibility index (Phi) is 4.03. The lowest BCUT2D eigenvalue weighted by Gasteiger charge is -2.42. The molecule has 4 aliphatic rings. The first-order valence-electron chi connectivity index (χ1n) is 10.9. The molecule has 4 heterocycles. The van der Waals surface area contributed by atoms with Gasteiger partial charge in [0.2, 0.25) is 11.8 Å². The molecule has 5 nitrogen and oxygen atoms in total. The van der Waals surface area contributed by atoms with E-state index in [1.54, 1.807) is 23.1 Å². The third kappa shape index (κ3) is 2.43. The Bertz CT molecular complexity index is 1310. The van der Waals surface area contributed by atoms with Crippen LogP contribution in [-0.4, -0.2) is 22.0 Å². The molecule has 3 aromatic rings. The second kappa shape index (κ2) is 6.68. The Morgan fingerprint density at radius 1 is 1.00 bits per heavy atom. The molecule has 0 unspecified atom stereocenters. The topological polar surface area (TPSA) is 70.2 Å². The SMILES string of the molecule is Cc1ccc(N2C(=O)[C@@H]3[C@H]4C[C@@H]([C@@H]3C2=O)[C@@H]2[C@@H](c3cccs3)c3sc(=O)[nH]c3S[C@H]42)cc1. The Hall–Kier alpha value is -2.16. The fraction of sp³-hybridized carbons (Fsp3) is 0.375. The molecule has 1 aromatic carbocycles. The largest absolute Gasteiger partial charge is 0.307 e. The summed E-state index contributed by atoms with van der Waals surface area (Å²) >= 11 is 4.77. The summed E-state index contributed by atoms with van der Waals surface area (Å²) in [5.41, 5.74) is 1.79. The molecular weight excluding hydrogens is 460 g/mol. The second-order valence-electron chi connectivity index (χ2n) is 9.32. The summed E-state index contributed by atoms with van der Waals surface area (Å²) < 4.78 is 0. The van der Waals surface area contributed by atoms with Crippen LogP contribution in [0.4, 0.5) is 5.69 Å². The van der Waals surface area contributed by atoms with Crippen LogP contribution in [0.25, 0.3) is 0 Å². The van der Waals surface area contributed by atoms with Crippen molar-refractivity contribution in [3.63, 3.8) is 0 Å². The number of aromatic amines is 1. The first-order valence-corrected chi connectivity index (χ1v) is 13.5. The number of aryl methyl sites for hydroxylation is 1. The zero-order valence-electron chi connectivity index (χ0n) is 17.2. The van der Waals surface area contributed by atoms with Crippen LogP contribution < -0.4 is 9.77 Å². The highest BCUT2D eigenvalue weighted by atomic mass is 32.2. The zero-order chi connectivity index (χ0) is 21.7. The molecule has 1 saturated heterocycles. The minimum Gasteiger partial charge on any atom is -0.307 e. The number of rotatable bonds is 2. The number of thiophene rings is 1. The molecule has 2 saturated carbocycles. The molecule has 2 bridgehead atoms. The molecule has 0 radical (unpaired) electrons. The minimum atomic E-state index is -0.240. The smallest absolute Gasteiger partial charge is 0.305 e. The Balaban J connectivity index is 1.32. The molecule has 32 heavy (non-hydrogen) atoms. The van der Waals surface area contributed by atoms with Crippen molar-refractivity contribution < 1.29 is 9.59 Å². The number of aromatic nitrogens is 1. The van der Waals surface area contributed by atoms with E-state index >= 15 is 0 Å². The molecule has 1 N–H and O–H groups in total. The van der Waals surface area contributed by atoms with Crippen molar-refractivity contribution in [2.75, 3.05) is 4.90 Å². The number of carbonyl (C=O) groups excluding carboxylic acids is 2. The third-order valence-corrected chi connectivity index (χ3v) is 11.4. The molecule has 2 aromatic heterocycles.